The molecule has 0 aliphatic carbocycles. The number of pyridine rings is 1. The molecule has 23 heavy (non-hydrogen) atoms. The Kier molecular flexibility index (Phi) is 3.92. The van der Waals surface area contributed by atoms with Gasteiger partial charge >= 0.3 is 5.97 Å². The zero-order valence-corrected chi connectivity index (χ0v) is 13.2. The SMILES string of the molecule is COCc1c(C(=O)OC(C)C)[nH]cc2[nH]c3cccc(=O)c3c12. The molecule has 0 radical (unpaired) electrons. The Labute approximate surface area is 132 Å². The molecule has 3 rings (SSSR count). The van der Waals surface area contributed by atoms with Crippen molar-refractivity contribution in [2.75, 3.05) is 7.11 Å². The van der Waals surface area contributed by atoms with Gasteiger partial charge in [0.2, 0.25) is 0 Å². The largest absolute Gasteiger partial charge is 0.458 e. The molecule has 3 aromatic rings. The molecule has 2 aromatic heterocycles. The molecule has 0 amide bonds. The monoisotopic (exact) mass is 314 g/mol. The van der Waals surface area contributed by atoms with Crippen molar-refractivity contribution in [2.24, 2.45) is 0 Å². The van der Waals surface area contributed by atoms with Gasteiger partial charge in [-0.05, 0) is 26.0 Å². The van der Waals surface area contributed by atoms with Crippen molar-refractivity contribution < 1.29 is 14.3 Å². The van der Waals surface area contributed by atoms with Crippen molar-refractivity contribution in [3.8, 4) is 0 Å². The zero-order valence-electron chi connectivity index (χ0n) is 13.2. The van der Waals surface area contributed by atoms with E-state index in [1.807, 2.05) is 6.07 Å². The average Bonchev–Trinajstić information content (AvgIpc) is 2.87. The summed E-state index contributed by atoms with van der Waals surface area (Å²) >= 11 is 0. The highest BCUT2D eigenvalue weighted by atomic mass is 16.5. The van der Waals surface area contributed by atoms with Gasteiger partial charge in [0.05, 0.1) is 29.1 Å². The number of carbonyl (C=O) groups is 1. The lowest BCUT2D eigenvalue weighted by molar-refractivity contribution is 0.0366. The molecule has 120 valence electrons. The quantitative estimate of drug-likeness (QED) is 0.725. The Hall–Kier alpha value is -2.60. The number of carbonyl (C=O) groups excluding carboxylic acids is 1. The van der Waals surface area contributed by atoms with Gasteiger partial charge in [-0.15, -0.1) is 0 Å². The Morgan fingerprint density at radius 2 is 2.00 bits per heavy atom. The van der Waals surface area contributed by atoms with E-state index in [0.717, 1.165) is 11.0 Å². The maximum absolute atomic E-state index is 12.3. The van der Waals surface area contributed by atoms with Crippen molar-refractivity contribution in [3.05, 3.63) is 45.9 Å². The van der Waals surface area contributed by atoms with Crippen molar-refractivity contribution in [1.82, 2.24) is 9.97 Å². The Morgan fingerprint density at radius 3 is 2.70 bits per heavy atom. The molecule has 0 fully saturated rings. The molecule has 0 spiro atoms. The van der Waals surface area contributed by atoms with Gasteiger partial charge in [0.15, 0.2) is 5.43 Å². The first-order chi connectivity index (χ1) is 11.0. The molecule has 6 heteroatoms. The average molecular weight is 314 g/mol. The van der Waals surface area contributed by atoms with Crippen molar-refractivity contribution in [2.45, 2.75) is 26.6 Å². The molecular formula is C17H18N2O4. The summed E-state index contributed by atoms with van der Waals surface area (Å²) in [6, 6.07) is 5.04. The number of hydrogen-bond acceptors (Lipinski definition) is 4. The predicted molar refractivity (Wildman–Crippen MR) is 87.7 cm³/mol. The number of rotatable bonds is 4. The van der Waals surface area contributed by atoms with E-state index < -0.39 is 5.97 Å². The summed E-state index contributed by atoms with van der Waals surface area (Å²) in [6.45, 7) is 3.76. The minimum absolute atomic E-state index is 0.0968. The number of fused-ring (bicyclic) bond motifs is 3. The van der Waals surface area contributed by atoms with Crippen LogP contribution in [0.5, 0.6) is 0 Å². The second-order valence-corrected chi connectivity index (χ2v) is 5.62. The molecule has 2 N–H and O–H groups in total. The van der Waals surface area contributed by atoms with Crippen LogP contribution in [-0.4, -0.2) is 29.2 Å². The summed E-state index contributed by atoms with van der Waals surface area (Å²) in [5.41, 5.74) is 2.30. The van der Waals surface area contributed by atoms with Crippen LogP contribution in [0.25, 0.3) is 21.8 Å². The zero-order chi connectivity index (χ0) is 16.6. The second-order valence-electron chi connectivity index (χ2n) is 5.62. The van der Waals surface area contributed by atoms with Crippen molar-refractivity contribution >= 4 is 27.8 Å². The van der Waals surface area contributed by atoms with E-state index in [0.29, 0.717) is 22.0 Å². The predicted octanol–water partition coefficient (Wildman–Crippen LogP) is 2.72. The van der Waals surface area contributed by atoms with Crippen LogP contribution in [0.2, 0.25) is 0 Å². The summed E-state index contributed by atoms with van der Waals surface area (Å²) in [5.74, 6) is -0.466. The van der Waals surface area contributed by atoms with E-state index in [9.17, 15) is 9.59 Å². The molecule has 0 aliphatic rings. The third-order valence-corrected chi connectivity index (χ3v) is 3.61. The van der Waals surface area contributed by atoms with Gasteiger partial charge < -0.3 is 19.4 Å². The highest BCUT2D eigenvalue weighted by molar-refractivity contribution is 6.10. The lowest BCUT2D eigenvalue weighted by Crippen LogP contribution is -2.16. The smallest absolute Gasteiger partial charge is 0.355 e. The van der Waals surface area contributed by atoms with Gasteiger partial charge in [0, 0.05) is 24.3 Å². The topological polar surface area (TPSA) is 84.2 Å². The molecule has 1 aromatic carbocycles. The first kappa shape index (κ1) is 15.3. The lowest BCUT2D eigenvalue weighted by Gasteiger charge is -2.12. The van der Waals surface area contributed by atoms with E-state index in [-0.39, 0.29) is 18.1 Å². The van der Waals surface area contributed by atoms with Crippen LogP contribution in [0.3, 0.4) is 0 Å². The number of esters is 1. The van der Waals surface area contributed by atoms with Crippen molar-refractivity contribution in [3.63, 3.8) is 0 Å². The second kappa shape index (κ2) is 5.89. The van der Waals surface area contributed by atoms with Gasteiger partial charge in [-0.25, -0.2) is 4.79 Å². The van der Waals surface area contributed by atoms with Crippen LogP contribution < -0.4 is 5.43 Å². The fourth-order valence-electron chi connectivity index (χ4n) is 2.76. The third-order valence-electron chi connectivity index (χ3n) is 3.61. The van der Waals surface area contributed by atoms with Gasteiger partial charge in [0.1, 0.15) is 5.69 Å². The number of methoxy groups -OCH3 is 1. The van der Waals surface area contributed by atoms with E-state index in [1.54, 1.807) is 33.2 Å². The molecule has 0 bridgehead atoms. The van der Waals surface area contributed by atoms with Gasteiger partial charge in [-0.1, -0.05) is 6.07 Å². The molecule has 0 atom stereocenters. The van der Waals surface area contributed by atoms with Gasteiger partial charge in [-0.3, -0.25) is 4.79 Å². The van der Waals surface area contributed by atoms with Crippen LogP contribution in [0, 0.1) is 0 Å². The molecule has 0 saturated carbocycles. The van der Waals surface area contributed by atoms with Gasteiger partial charge in [-0.2, -0.15) is 0 Å². The van der Waals surface area contributed by atoms with E-state index in [2.05, 4.69) is 9.97 Å². The Bertz CT molecular complexity index is 937. The standard InChI is InChI=1S/C17H18N2O4/c1-9(2)23-17(21)16-10(8-22-3)14-12(7-18-16)19-11-5-4-6-13(20)15(11)14/h4-7,9,18-19H,8H2,1-3H3. The lowest BCUT2D eigenvalue weighted by atomic mass is 10.1. The summed E-state index contributed by atoms with van der Waals surface area (Å²) in [4.78, 5) is 30.8. The minimum atomic E-state index is -0.466. The Balaban J connectivity index is 2.34. The molecule has 0 unspecified atom stereocenters. The first-order valence-electron chi connectivity index (χ1n) is 7.37. The molecule has 6 nitrogen and oxygen atoms in total. The fraction of sp³-hybridized carbons (Fsp3) is 0.294. The summed E-state index contributed by atoms with van der Waals surface area (Å²) < 4.78 is 10.5. The highest BCUT2D eigenvalue weighted by Gasteiger charge is 2.21. The van der Waals surface area contributed by atoms with Crippen LogP contribution >= 0.6 is 0 Å². The summed E-state index contributed by atoms with van der Waals surface area (Å²) in [7, 11) is 1.54. The number of aromatic nitrogens is 2. The molecule has 0 aliphatic heterocycles. The summed E-state index contributed by atoms with van der Waals surface area (Å²) in [5, 5.41) is 1.25. The fourth-order valence-corrected chi connectivity index (χ4v) is 2.76. The third kappa shape index (κ3) is 2.61. The highest BCUT2D eigenvalue weighted by Crippen LogP contribution is 2.28. The Morgan fingerprint density at radius 1 is 1.22 bits per heavy atom. The number of ether oxygens (including phenoxy) is 2. The van der Waals surface area contributed by atoms with Crippen LogP contribution in [0.4, 0.5) is 0 Å². The van der Waals surface area contributed by atoms with Crippen LogP contribution in [0.15, 0.2) is 29.2 Å². The van der Waals surface area contributed by atoms with E-state index in [1.165, 1.54) is 6.07 Å². The molecule has 2 heterocycles. The number of nitrogens with one attached hydrogen (secondary N) is 2. The van der Waals surface area contributed by atoms with Crippen LogP contribution in [0.1, 0.15) is 29.9 Å². The van der Waals surface area contributed by atoms with Crippen LogP contribution in [-0.2, 0) is 16.1 Å². The summed E-state index contributed by atoms with van der Waals surface area (Å²) in [6.07, 6.45) is 1.44. The molecular weight excluding hydrogens is 296 g/mol. The van der Waals surface area contributed by atoms with Gasteiger partial charge in [0.25, 0.3) is 0 Å². The van der Waals surface area contributed by atoms with Crippen molar-refractivity contribution in [1.29, 1.82) is 0 Å². The number of H-pyrrole nitrogens is 2. The normalized spacial score (nSPS) is 11.5. The first-order valence-corrected chi connectivity index (χ1v) is 7.37. The number of hydrogen-bond donors (Lipinski definition) is 2. The maximum atomic E-state index is 12.3. The number of benzene rings is 1. The van der Waals surface area contributed by atoms with E-state index in [4.69, 9.17) is 9.47 Å². The maximum Gasteiger partial charge on any atom is 0.355 e. The molecule has 0 saturated heterocycles. The number of aromatic amines is 2. The van der Waals surface area contributed by atoms with E-state index >= 15 is 0 Å². The minimum Gasteiger partial charge on any atom is -0.458 e.